The summed E-state index contributed by atoms with van der Waals surface area (Å²) in [4.78, 5) is 4.61. The summed E-state index contributed by atoms with van der Waals surface area (Å²) in [5, 5.41) is 8.87. The number of rotatable bonds is 5. The largest absolute Gasteiger partial charge is 0.495 e. The molecule has 1 aromatic carbocycles. The Hall–Kier alpha value is -2.39. The lowest BCUT2D eigenvalue weighted by molar-refractivity contribution is 0.373. The van der Waals surface area contributed by atoms with Gasteiger partial charge < -0.3 is 14.5 Å². The second-order valence-corrected chi connectivity index (χ2v) is 9.60. The minimum atomic E-state index is -3.60. The number of sulfonamides is 1. The summed E-state index contributed by atoms with van der Waals surface area (Å²) in [6.45, 7) is 4.02. The van der Waals surface area contributed by atoms with E-state index in [9.17, 15) is 8.42 Å². The maximum Gasteiger partial charge on any atom is 0.246 e. The van der Waals surface area contributed by atoms with Crippen LogP contribution in [0, 0.1) is 0 Å². The van der Waals surface area contributed by atoms with E-state index >= 15 is 0 Å². The van der Waals surface area contributed by atoms with Gasteiger partial charge in [0.25, 0.3) is 0 Å². The van der Waals surface area contributed by atoms with Crippen LogP contribution in [0.2, 0.25) is 0 Å². The molecule has 0 spiro atoms. The highest BCUT2D eigenvalue weighted by atomic mass is 32.2. The third kappa shape index (κ3) is 4.37. The number of nitrogens with zero attached hydrogens (tertiary/aromatic N) is 5. The van der Waals surface area contributed by atoms with Crippen LogP contribution in [-0.2, 0) is 10.0 Å². The molecule has 9 heteroatoms. The van der Waals surface area contributed by atoms with Crippen molar-refractivity contribution in [3.8, 4) is 5.75 Å². The molecule has 0 atom stereocenters. The van der Waals surface area contributed by atoms with Crippen LogP contribution in [0.5, 0.6) is 5.75 Å². The van der Waals surface area contributed by atoms with E-state index in [1.165, 1.54) is 37.1 Å². The normalized spacial score (nSPS) is 18.8. The molecule has 2 aliphatic rings. The molecule has 2 aromatic rings. The van der Waals surface area contributed by atoms with Gasteiger partial charge in [-0.3, -0.25) is 0 Å². The average molecular weight is 432 g/mol. The summed E-state index contributed by atoms with van der Waals surface area (Å²) in [7, 11) is -2.11. The summed E-state index contributed by atoms with van der Waals surface area (Å²) in [5.41, 5.74) is 0. The second-order valence-electron chi connectivity index (χ2n) is 7.69. The van der Waals surface area contributed by atoms with Crippen molar-refractivity contribution in [1.29, 1.82) is 0 Å². The molecule has 1 aromatic heterocycles. The van der Waals surface area contributed by atoms with Crippen LogP contribution in [0.25, 0.3) is 0 Å². The molecule has 2 aliphatic heterocycles. The number of piperazine rings is 1. The first kappa shape index (κ1) is 20.9. The average Bonchev–Trinajstić information content (AvgIpc) is 3.09. The van der Waals surface area contributed by atoms with E-state index in [2.05, 4.69) is 20.0 Å². The number of hydrogen-bond acceptors (Lipinski definition) is 7. The van der Waals surface area contributed by atoms with Gasteiger partial charge in [0.05, 0.1) is 7.11 Å². The van der Waals surface area contributed by atoms with Gasteiger partial charge in [-0.1, -0.05) is 25.0 Å². The Balaban J connectivity index is 1.40. The lowest BCUT2D eigenvalue weighted by Crippen LogP contribution is -2.49. The summed E-state index contributed by atoms with van der Waals surface area (Å²) in [5.74, 6) is 2.09. The first-order valence-corrected chi connectivity index (χ1v) is 12.0. The zero-order valence-corrected chi connectivity index (χ0v) is 18.2. The molecule has 0 saturated carbocycles. The SMILES string of the molecule is COc1ccccc1S(=O)(=O)N1CCN(c2ccc(N3CCCCCC3)nn2)CC1. The fourth-order valence-electron chi connectivity index (χ4n) is 4.08. The van der Waals surface area contributed by atoms with Crippen LogP contribution in [0.3, 0.4) is 0 Å². The van der Waals surface area contributed by atoms with Crippen molar-refractivity contribution in [2.24, 2.45) is 0 Å². The topological polar surface area (TPSA) is 78.9 Å². The summed E-state index contributed by atoms with van der Waals surface area (Å²) < 4.78 is 32.9. The Kier molecular flexibility index (Phi) is 6.38. The lowest BCUT2D eigenvalue weighted by atomic mass is 10.2. The highest BCUT2D eigenvalue weighted by Gasteiger charge is 2.31. The van der Waals surface area contributed by atoms with E-state index in [0.29, 0.717) is 31.9 Å². The van der Waals surface area contributed by atoms with Crippen LogP contribution in [0.15, 0.2) is 41.3 Å². The molecule has 0 unspecified atom stereocenters. The van der Waals surface area contributed by atoms with Gasteiger partial charge in [0.2, 0.25) is 10.0 Å². The lowest BCUT2D eigenvalue weighted by Gasteiger charge is -2.34. The molecule has 0 radical (unpaired) electrons. The molecule has 0 aliphatic carbocycles. The van der Waals surface area contributed by atoms with Gasteiger partial charge in [-0.05, 0) is 37.1 Å². The molecule has 0 bridgehead atoms. The summed E-state index contributed by atoms with van der Waals surface area (Å²) >= 11 is 0. The van der Waals surface area contributed by atoms with Crippen LogP contribution in [-0.4, -0.2) is 69.3 Å². The smallest absolute Gasteiger partial charge is 0.246 e. The van der Waals surface area contributed by atoms with E-state index in [-0.39, 0.29) is 4.90 Å². The number of benzene rings is 1. The van der Waals surface area contributed by atoms with Gasteiger partial charge in [0, 0.05) is 39.3 Å². The second kappa shape index (κ2) is 9.18. The molecule has 2 fully saturated rings. The maximum absolute atomic E-state index is 13.1. The van der Waals surface area contributed by atoms with Gasteiger partial charge in [-0.15, -0.1) is 10.2 Å². The molecule has 0 amide bonds. The summed E-state index contributed by atoms with van der Waals surface area (Å²) in [6.07, 6.45) is 4.96. The van der Waals surface area contributed by atoms with Crippen molar-refractivity contribution in [3.05, 3.63) is 36.4 Å². The molecule has 0 N–H and O–H groups in total. The molecule has 162 valence electrons. The van der Waals surface area contributed by atoms with Crippen LogP contribution in [0.4, 0.5) is 11.6 Å². The zero-order chi connectivity index (χ0) is 21.0. The minimum absolute atomic E-state index is 0.211. The Labute approximate surface area is 178 Å². The molecular formula is C21H29N5O3S. The minimum Gasteiger partial charge on any atom is -0.495 e. The van der Waals surface area contributed by atoms with Crippen molar-refractivity contribution in [2.75, 3.05) is 56.2 Å². The number of hydrogen-bond donors (Lipinski definition) is 0. The number of anilines is 2. The zero-order valence-electron chi connectivity index (χ0n) is 17.4. The Morgan fingerprint density at radius 2 is 1.33 bits per heavy atom. The van der Waals surface area contributed by atoms with Gasteiger partial charge in [-0.25, -0.2) is 8.42 Å². The fourth-order valence-corrected chi connectivity index (χ4v) is 5.66. The van der Waals surface area contributed by atoms with Crippen molar-refractivity contribution < 1.29 is 13.2 Å². The van der Waals surface area contributed by atoms with Crippen molar-refractivity contribution in [3.63, 3.8) is 0 Å². The third-order valence-corrected chi connectivity index (χ3v) is 7.75. The molecular weight excluding hydrogens is 402 g/mol. The Morgan fingerprint density at radius 3 is 1.90 bits per heavy atom. The standard InChI is InChI=1S/C21H29N5O3S/c1-29-18-8-4-5-9-19(18)30(27,28)26-16-14-25(15-17-26)21-11-10-20(22-23-21)24-12-6-2-3-7-13-24/h4-5,8-11H,2-3,6-7,12-17H2,1H3. The summed E-state index contributed by atoms with van der Waals surface area (Å²) in [6, 6.07) is 10.8. The first-order valence-electron chi connectivity index (χ1n) is 10.6. The molecule has 4 rings (SSSR count). The predicted octanol–water partition coefficient (Wildman–Crippen LogP) is 2.38. The van der Waals surface area contributed by atoms with Gasteiger partial charge in [0.1, 0.15) is 10.6 Å². The van der Waals surface area contributed by atoms with Gasteiger partial charge in [-0.2, -0.15) is 4.31 Å². The number of methoxy groups -OCH3 is 1. The first-order chi connectivity index (χ1) is 14.6. The van der Waals surface area contributed by atoms with E-state index < -0.39 is 10.0 Å². The Morgan fingerprint density at radius 1 is 0.767 bits per heavy atom. The van der Waals surface area contributed by atoms with E-state index in [0.717, 1.165) is 24.7 Å². The highest BCUT2D eigenvalue weighted by Crippen LogP contribution is 2.27. The van der Waals surface area contributed by atoms with E-state index in [1.807, 2.05) is 12.1 Å². The maximum atomic E-state index is 13.1. The monoisotopic (exact) mass is 431 g/mol. The third-order valence-electron chi connectivity index (χ3n) is 5.82. The van der Waals surface area contributed by atoms with Gasteiger partial charge >= 0.3 is 0 Å². The van der Waals surface area contributed by atoms with E-state index in [1.54, 1.807) is 24.3 Å². The fraction of sp³-hybridized carbons (Fsp3) is 0.524. The molecule has 3 heterocycles. The highest BCUT2D eigenvalue weighted by molar-refractivity contribution is 7.89. The molecule has 2 saturated heterocycles. The van der Waals surface area contributed by atoms with E-state index in [4.69, 9.17) is 4.74 Å². The van der Waals surface area contributed by atoms with Crippen molar-refractivity contribution >= 4 is 21.7 Å². The molecule has 8 nitrogen and oxygen atoms in total. The molecule has 30 heavy (non-hydrogen) atoms. The van der Waals surface area contributed by atoms with Crippen molar-refractivity contribution in [1.82, 2.24) is 14.5 Å². The quantitative estimate of drug-likeness (QED) is 0.719. The number of ether oxygens (including phenoxy) is 1. The predicted molar refractivity (Wildman–Crippen MR) is 117 cm³/mol. The van der Waals surface area contributed by atoms with Crippen LogP contribution < -0.4 is 14.5 Å². The van der Waals surface area contributed by atoms with Crippen LogP contribution in [0.1, 0.15) is 25.7 Å². The van der Waals surface area contributed by atoms with Gasteiger partial charge in [0.15, 0.2) is 11.6 Å². The van der Waals surface area contributed by atoms with Crippen LogP contribution >= 0.6 is 0 Å². The number of para-hydroxylation sites is 1. The van der Waals surface area contributed by atoms with Crippen molar-refractivity contribution in [2.45, 2.75) is 30.6 Å². The number of aromatic nitrogens is 2. The Bertz CT molecular complexity index is 935.